The third-order valence-electron chi connectivity index (χ3n) is 1.11. The monoisotopic (exact) mass is 167 g/mol. The van der Waals surface area contributed by atoms with Gasteiger partial charge in [0, 0.05) is 0 Å². The van der Waals surface area contributed by atoms with Gasteiger partial charge < -0.3 is 4.74 Å². The molecule has 1 rings (SSSR count). The molecule has 4 heteroatoms. The Kier molecular flexibility index (Phi) is 3.10. The smallest absolute Gasteiger partial charge is 0.410 e. The van der Waals surface area contributed by atoms with Crippen LogP contribution in [0.3, 0.4) is 0 Å². The molecule has 0 bridgehead atoms. The van der Waals surface area contributed by atoms with Gasteiger partial charge in [-0.3, -0.25) is 4.89 Å². The second-order valence-electron chi connectivity index (χ2n) is 1.95. The van der Waals surface area contributed by atoms with Crippen molar-refractivity contribution in [2.45, 2.75) is 0 Å². The number of hydrogen-bond donors (Lipinski definition) is 1. The van der Waals surface area contributed by atoms with E-state index in [0.717, 1.165) is 0 Å². The minimum atomic E-state index is -0.385. The van der Waals surface area contributed by atoms with E-state index in [1.165, 1.54) is 7.11 Å². The molecule has 0 heterocycles. The van der Waals surface area contributed by atoms with Crippen LogP contribution in [-0.4, -0.2) is 13.2 Å². The van der Waals surface area contributed by atoms with E-state index in [0.29, 0.717) is 5.75 Å². The largest absolute Gasteiger partial charge is 0.419 e. The Labute approximate surface area is 70.1 Å². The minimum Gasteiger partial charge on any atom is -0.410 e. The lowest BCUT2D eigenvalue weighted by Crippen LogP contribution is -2.10. The van der Waals surface area contributed by atoms with Gasteiger partial charge in [-0.1, -0.05) is 18.2 Å². The van der Waals surface area contributed by atoms with Gasteiger partial charge in [-0.05, 0) is 12.1 Å². The Hall–Kier alpha value is -1.55. The van der Waals surface area contributed by atoms with Crippen molar-refractivity contribution in [3.05, 3.63) is 30.3 Å². The Morgan fingerprint density at radius 2 is 1.92 bits per heavy atom. The molecular formula is C8H9NO3. The summed E-state index contributed by atoms with van der Waals surface area (Å²) < 4.78 is 4.89. The molecule has 0 atom stereocenters. The third-order valence-corrected chi connectivity index (χ3v) is 1.11. The van der Waals surface area contributed by atoms with E-state index in [9.17, 15) is 0 Å². The Morgan fingerprint density at radius 1 is 1.25 bits per heavy atom. The quantitative estimate of drug-likeness (QED) is 0.315. The zero-order chi connectivity index (χ0) is 8.81. The van der Waals surface area contributed by atoms with Crippen LogP contribution in [0.15, 0.2) is 30.3 Å². The standard InChI is InChI=1S/C8H9NO3/c1-10-12-8(9)11-7-5-3-2-4-6-7/h2-6,9H,1H3. The summed E-state index contributed by atoms with van der Waals surface area (Å²) in [6.07, 6.45) is -0.385. The van der Waals surface area contributed by atoms with Crippen molar-refractivity contribution in [2.75, 3.05) is 7.11 Å². The molecule has 1 aromatic carbocycles. The molecule has 0 aliphatic rings. The van der Waals surface area contributed by atoms with Gasteiger partial charge >= 0.3 is 6.08 Å². The molecular weight excluding hydrogens is 158 g/mol. The maximum absolute atomic E-state index is 7.06. The van der Waals surface area contributed by atoms with Gasteiger partial charge in [0.05, 0.1) is 7.11 Å². The molecule has 12 heavy (non-hydrogen) atoms. The van der Waals surface area contributed by atoms with Crippen LogP contribution in [-0.2, 0) is 9.78 Å². The highest BCUT2D eigenvalue weighted by Crippen LogP contribution is 2.08. The lowest BCUT2D eigenvalue weighted by molar-refractivity contribution is -0.207. The van der Waals surface area contributed by atoms with E-state index < -0.39 is 0 Å². The topological polar surface area (TPSA) is 51.5 Å². The van der Waals surface area contributed by atoms with Crippen molar-refractivity contribution in [1.29, 1.82) is 5.41 Å². The maximum atomic E-state index is 7.06. The van der Waals surface area contributed by atoms with Gasteiger partial charge in [0.1, 0.15) is 5.75 Å². The van der Waals surface area contributed by atoms with Crippen molar-refractivity contribution < 1.29 is 14.5 Å². The highest BCUT2D eigenvalue weighted by Gasteiger charge is 1.99. The predicted octanol–water partition coefficient (Wildman–Crippen LogP) is 1.58. The zero-order valence-corrected chi connectivity index (χ0v) is 6.61. The van der Waals surface area contributed by atoms with Gasteiger partial charge in [0.15, 0.2) is 0 Å². The molecule has 1 N–H and O–H groups in total. The molecule has 0 unspecified atom stereocenters. The van der Waals surface area contributed by atoms with E-state index in [1.807, 2.05) is 6.07 Å². The van der Waals surface area contributed by atoms with Crippen LogP contribution in [0.5, 0.6) is 5.75 Å². The summed E-state index contributed by atoms with van der Waals surface area (Å²) in [5.41, 5.74) is 0. The molecule has 0 radical (unpaired) electrons. The van der Waals surface area contributed by atoms with Crippen molar-refractivity contribution in [2.24, 2.45) is 0 Å². The first-order chi connectivity index (χ1) is 5.83. The van der Waals surface area contributed by atoms with Crippen LogP contribution in [0.2, 0.25) is 0 Å². The fourth-order valence-electron chi connectivity index (χ4n) is 0.688. The highest BCUT2D eigenvalue weighted by atomic mass is 17.2. The van der Waals surface area contributed by atoms with Crippen molar-refractivity contribution >= 4 is 6.08 Å². The summed E-state index contributed by atoms with van der Waals surface area (Å²) in [4.78, 5) is 8.53. The van der Waals surface area contributed by atoms with Crippen molar-refractivity contribution in [1.82, 2.24) is 0 Å². The van der Waals surface area contributed by atoms with E-state index in [1.54, 1.807) is 24.3 Å². The zero-order valence-electron chi connectivity index (χ0n) is 6.61. The summed E-state index contributed by atoms with van der Waals surface area (Å²) in [5, 5.41) is 7.06. The normalized spacial score (nSPS) is 9.08. The maximum Gasteiger partial charge on any atom is 0.419 e. The first-order valence-corrected chi connectivity index (χ1v) is 3.35. The Morgan fingerprint density at radius 3 is 2.50 bits per heavy atom. The molecule has 4 nitrogen and oxygen atoms in total. The Balaban J connectivity index is 2.47. The number of hydrogen-bond acceptors (Lipinski definition) is 4. The van der Waals surface area contributed by atoms with Crippen molar-refractivity contribution in [3.8, 4) is 5.75 Å². The molecule has 0 aromatic heterocycles. The van der Waals surface area contributed by atoms with Crippen LogP contribution >= 0.6 is 0 Å². The molecule has 0 fully saturated rings. The number of ether oxygens (including phenoxy) is 1. The van der Waals surface area contributed by atoms with Crippen LogP contribution < -0.4 is 4.74 Å². The van der Waals surface area contributed by atoms with Crippen LogP contribution in [0.25, 0.3) is 0 Å². The summed E-state index contributed by atoms with van der Waals surface area (Å²) in [6.45, 7) is 0. The third kappa shape index (κ3) is 2.59. The van der Waals surface area contributed by atoms with E-state index in [2.05, 4.69) is 9.78 Å². The van der Waals surface area contributed by atoms with E-state index in [4.69, 9.17) is 10.1 Å². The molecule has 0 aliphatic carbocycles. The number of benzene rings is 1. The average Bonchev–Trinajstić information content (AvgIpc) is 2.06. The van der Waals surface area contributed by atoms with E-state index in [-0.39, 0.29) is 6.08 Å². The van der Waals surface area contributed by atoms with Gasteiger partial charge in [-0.2, -0.15) is 4.89 Å². The fraction of sp³-hybridized carbons (Fsp3) is 0.125. The molecule has 0 saturated heterocycles. The van der Waals surface area contributed by atoms with Gasteiger partial charge in [0.25, 0.3) is 0 Å². The fourth-order valence-corrected chi connectivity index (χ4v) is 0.688. The van der Waals surface area contributed by atoms with Crippen LogP contribution in [0.4, 0.5) is 0 Å². The number of para-hydroxylation sites is 1. The Bertz CT molecular complexity index is 248. The average molecular weight is 167 g/mol. The predicted molar refractivity (Wildman–Crippen MR) is 42.9 cm³/mol. The molecule has 0 amide bonds. The van der Waals surface area contributed by atoms with Crippen LogP contribution in [0.1, 0.15) is 0 Å². The number of nitrogens with one attached hydrogen (secondary N) is 1. The number of rotatable bonds is 2. The van der Waals surface area contributed by atoms with Gasteiger partial charge in [-0.25, -0.2) is 5.41 Å². The first-order valence-electron chi connectivity index (χ1n) is 3.35. The molecule has 0 spiro atoms. The second-order valence-corrected chi connectivity index (χ2v) is 1.95. The highest BCUT2D eigenvalue weighted by molar-refractivity contribution is 5.65. The van der Waals surface area contributed by atoms with Gasteiger partial charge in [-0.15, -0.1) is 0 Å². The first kappa shape index (κ1) is 8.55. The minimum absolute atomic E-state index is 0.385. The lowest BCUT2D eigenvalue weighted by Gasteiger charge is -2.03. The molecule has 64 valence electrons. The summed E-state index contributed by atoms with van der Waals surface area (Å²) in [7, 11) is 1.31. The van der Waals surface area contributed by atoms with E-state index >= 15 is 0 Å². The van der Waals surface area contributed by atoms with Crippen molar-refractivity contribution in [3.63, 3.8) is 0 Å². The van der Waals surface area contributed by atoms with Gasteiger partial charge in [0.2, 0.25) is 0 Å². The summed E-state index contributed by atoms with van der Waals surface area (Å²) in [5.74, 6) is 0.541. The SMILES string of the molecule is COOC(=N)Oc1ccccc1. The summed E-state index contributed by atoms with van der Waals surface area (Å²) in [6, 6.07) is 8.89. The summed E-state index contributed by atoms with van der Waals surface area (Å²) >= 11 is 0. The second kappa shape index (κ2) is 4.35. The lowest BCUT2D eigenvalue weighted by atomic mass is 10.3. The molecule has 0 saturated carbocycles. The molecule has 0 aliphatic heterocycles. The van der Waals surface area contributed by atoms with Crippen LogP contribution in [0, 0.1) is 5.41 Å². The molecule has 1 aromatic rings.